The lowest BCUT2D eigenvalue weighted by Crippen LogP contribution is -2.77. The van der Waals surface area contributed by atoms with Crippen LogP contribution in [0.15, 0.2) is 36.7 Å². The monoisotopic (exact) mass is 446 g/mol. The lowest BCUT2D eigenvalue weighted by molar-refractivity contribution is -0.190. The van der Waals surface area contributed by atoms with E-state index in [0.717, 1.165) is 24.2 Å². The summed E-state index contributed by atoms with van der Waals surface area (Å²) >= 11 is 0. The maximum absolute atomic E-state index is 13.5. The van der Waals surface area contributed by atoms with Gasteiger partial charge in [-0.25, -0.2) is 4.79 Å². The molecule has 3 heterocycles. The van der Waals surface area contributed by atoms with Crippen LogP contribution in [0.4, 0.5) is 0 Å². The van der Waals surface area contributed by atoms with Crippen LogP contribution in [0.1, 0.15) is 53.6 Å². The third-order valence-corrected chi connectivity index (χ3v) is 8.71. The number of esters is 1. The lowest BCUT2D eigenvalue weighted by atomic mass is 9.48. The number of aromatic nitrogens is 1. The minimum Gasteiger partial charge on any atom is -0.504 e. The van der Waals surface area contributed by atoms with Crippen molar-refractivity contribution in [2.24, 2.45) is 5.92 Å². The van der Waals surface area contributed by atoms with Gasteiger partial charge in [0.05, 0.1) is 17.0 Å². The highest BCUT2D eigenvalue weighted by Crippen LogP contribution is 2.66. The van der Waals surface area contributed by atoms with Crippen LogP contribution in [0.5, 0.6) is 11.5 Å². The van der Waals surface area contributed by atoms with Gasteiger partial charge in [0.1, 0.15) is 5.60 Å². The number of ketones is 1. The van der Waals surface area contributed by atoms with Gasteiger partial charge in [-0.1, -0.05) is 6.07 Å². The van der Waals surface area contributed by atoms with Crippen LogP contribution < -0.4 is 4.74 Å². The van der Waals surface area contributed by atoms with Crippen LogP contribution in [0, 0.1) is 5.92 Å². The first-order chi connectivity index (χ1) is 16.0. The molecule has 2 aliphatic heterocycles. The number of piperidine rings is 1. The predicted octanol–water partition coefficient (Wildman–Crippen LogP) is 2.79. The number of Topliss-reactive ketones (excluding diaryl/α,β-unsaturated/α-hetero) is 1. The molecule has 1 spiro atoms. The number of hydrogen-bond acceptors (Lipinski definition) is 7. The molecule has 1 saturated heterocycles. The molecule has 1 aromatic heterocycles. The molecule has 33 heavy (non-hydrogen) atoms. The average Bonchev–Trinajstić information content (AvgIpc) is 3.57. The van der Waals surface area contributed by atoms with Gasteiger partial charge in [-0.2, -0.15) is 0 Å². The van der Waals surface area contributed by atoms with E-state index in [4.69, 9.17) is 9.47 Å². The first-order valence-corrected chi connectivity index (χ1v) is 12.0. The standard InChI is InChI=1S/C26H26N2O5/c29-18-4-3-17-13-20-26(33-24(31)16-6-10-27-11-7-16)8-5-19(30)23-25(26,21(17)22(18)32-23)9-12-28(20)14-15-1-2-15/h3-4,6-7,10-11,15,20,23,29H,1-2,5,8-9,12-14H2/t20-,23+,25+,26-/m1/s1. The quantitative estimate of drug-likeness (QED) is 0.723. The van der Waals surface area contributed by atoms with Crippen molar-refractivity contribution >= 4 is 11.8 Å². The van der Waals surface area contributed by atoms with Crippen LogP contribution in [0.3, 0.4) is 0 Å². The molecule has 3 aliphatic carbocycles. The third-order valence-electron chi connectivity index (χ3n) is 8.71. The summed E-state index contributed by atoms with van der Waals surface area (Å²) in [5.74, 6) is 0.804. The van der Waals surface area contributed by atoms with E-state index in [0.29, 0.717) is 42.9 Å². The van der Waals surface area contributed by atoms with Crippen molar-refractivity contribution < 1.29 is 24.2 Å². The fourth-order valence-corrected chi connectivity index (χ4v) is 7.16. The Labute approximate surface area is 191 Å². The first-order valence-electron chi connectivity index (χ1n) is 12.0. The molecule has 5 aliphatic rings. The fourth-order valence-electron chi connectivity index (χ4n) is 7.16. The number of carbonyl (C=O) groups excluding carboxylic acids is 2. The molecule has 0 radical (unpaired) electrons. The van der Waals surface area contributed by atoms with E-state index in [1.165, 1.54) is 12.8 Å². The van der Waals surface area contributed by atoms with Crippen molar-refractivity contribution in [1.29, 1.82) is 0 Å². The zero-order valence-electron chi connectivity index (χ0n) is 18.3. The van der Waals surface area contributed by atoms with Crippen LogP contribution in [0.25, 0.3) is 0 Å². The Bertz CT molecular complexity index is 1180. The number of ether oxygens (including phenoxy) is 2. The summed E-state index contributed by atoms with van der Waals surface area (Å²) in [6.45, 7) is 1.83. The second-order valence-electron chi connectivity index (χ2n) is 10.3. The molecule has 4 atom stereocenters. The van der Waals surface area contributed by atoms with Crippen molar-refractivity contribution in [2.75, 3.05) is 13.1 Å². The summed E-state index contributed by atoms with van der Waals surface area (Å²) < 4.78 is 12.8. The number of nitrogens with zero attached hydrogens (tertiary/aromatic N) is 2. The smallest absolute Gasteiger partial charge is 0.338 e. The zero-order valence-corrected chi connectivity index (χ0v) is 18.3. The molecule has 2 bridgehead atoms. The highest BCUT2D eigenvalue weighted by atomic mass is 16.6. The molecule has 170 valence electrons. The van der Waals surface area contributed by atoms with Gasteiger partial charge in [0, 0.05) is 30.9 Å². The van der Waals surface area contributed by atoms with E-state index in [1.54, 1.807) is 30.6 Å². The summed E-state index contributed by atoms with van der Waals surface area (Å²) in [6.07, 6.45) is 7.09. The van der Waals surface area contributed by atoms with Crippen molar-refractivity contribution in [3.63, 3.8) is 0 Å². The molecular weight excluding hydrogens is 420 g/mol. The highest BCUT2D eigenvalue weighted by Gasteiger charge is 2.75. The Morgan fingerprint density at radius 2 is 2.03 bits per heavy atom. The van der Waals surface area contributed by atoms with Crippen molar-refractivity contribution in [2.45, 2.75) is 61.7 Å². The van der Waals surface area contributed by atoms with Crippen LogP contribution >= 0.6 is 0 Å². The summed E-state index contributed by atoms with van der Waals surface area (Å²) in [7, 11) is 0. The van der Waals surface area contributed by atoms with Crippen LogP contribution in [-0.2, 0) is 21.4 Å². The number of hydrogen-bond donors (Lipinski definition) is 1. The number of phenols is 1. The van der Waals surface area contributed by atoms with Gasteiger partial charge in [-0.15, -0.1) is 0 Å². The Hall–Kier alpha value is -2.93. The lowest BCUT2D eigenvalue weighted by Gasteiger charge is -2.63. The normalized spacial score (nSPS) is 33.9. The average molecular weight is 447 g/mol. The van der Waals surface area contributed by atoms with Crippen molar-refractivity contribution in [3.05, 3.63) is 53.3 Å². The van der Waals surface area contributed by atoms with Gasteiger partial charge in [-0.3, -0.25) is 14.7 Å². The number of carbonyl (C=O) groups is 2. The van der Waals surface area contributed by atoms with Crippen LogP contribution in [0.2, 0.25) is 0 Å². The van der Waals surface area contributed by atoms with E-state index >= 15 is 0 Å². The topological polar surface area (TPSA) is 89.0 Å². The predicted molar refractivity (Wildman–Crippen MR) is 117 cm³/mol. The maximum atomic E-state index is 13.5. The Kier molecular flexibility index (Phi) is 3.89. The summed E-state index contributed by atoms with van der Waals surface area (Å²) in [5.41, 5.74) is 0.797. The molecule has 7 heteroatoms. The second kappa shape index (κ2) is 6.56. The Morgan fingerprint density at radius 1 is 1.21 bits per heavy atom. The highest BCUT2D eigenvalue weighted by molar-refractivity contribution is 5.92. The number of rotatable bonds is 4. The van der Waals surface area contributed by atoms with Gasteiger partial charge in [0.15, 0.2) is 23.4 Å². The van der Waals surface area contributed by atoms with E-state index in [1.807, 2.05) is 6.07 Å². The number of phenolic OH excluding ortho intramolecular Hbond substituents is 1. The first kappa shape index (κ1) is 19.5. The van der Waals surface area contributed by atoms with E-state index in [-0.39, 0.29) is 23.5 Å². The summed E-state index contributed by atoms with van der Waals surface area (Å²) in [5, 5.41) is 10.7. The molecule has 0 unspecified atom stereocenters. The van der Waals surface area contributed by atoms with E-state index in [9.17, 15) is 14.7 Å². The number of aromatic hydroxyl groups is 1. The molecule has 2 aromatic rings. The second-order valence-corrected chi connectivity index (χ2v) is 10.3. The molecule has 2 saturated carbocycles. The molecule has 3 fully saturated rings. The van der Waals surface area contributed by atoms with E-state index < -0.39 is 17.1 Å². The van der Waals surface area contributed by atoms with E-state index in [2.05, 4.69) is 9.88 Å². The summed E-state index contributed by atoms with van der Waals surface area (Å²) in [4.78, 5) is 33.2. The van der Waals surface area contributed by atoms with Gasteiger partial charge >= 0.3 is 5.97 Å². The maximum Gasteiger partial charge on any atom is 0.338 e. The minimum absolute atomic E-state index is 0.0279. The van der Waals surface area contributed by atoms with Gasteiger partial charge in [0.25, 0.3) is 0 Å². The number of pyridine rings is 1. The Balaban J connectivity index is 1.43. The van der Waals surface area contributed by atoms with Crippen molar-refractivity contribution in [3.8, 4) is 11.5 Å². The zero-order chi connectivity index (χ0) is 22.4. The number of benzene rings is 1. The Morgan fingerprint density at radius 3 is 2.82 bits per heavy atom. The van der Waals surface area contributed by atoms with Gasteiger partial charge < -0.3 is 14.6 Å². The molecule has 1 aromatic carbocycles. The largest absolute Gasteiger partial charge is 0.504 e. The fraction of sp³-hybridized carbons (Fsp3) is 0.500. The number of likely N-dealkylation sites (tertiary alicyclic amines) is 1. The van der Waals surface area contributed by atoms with Crippen molar-refractivity contribution in [1.82, 2.24) is 9.88 Å². The van der Waals surface area contributed by atoms with Gasteiger partial charge in [-0.05, 0) is 68.3 Å². The third kappa shape index (κ3) is 2.46. The molecule has 1 N–H and O–H groups in total. The van der Waals surface area contributed by atoms with Crippen LogP contribution in [-0.4, -0.2) is 57.6 Å². The molecule has 7 rings (SSSR count). The SMILES string of the molecule is O=C(O[C@@]12CCC(=O)[C@@H]3Oc4c(O)ccc5c4[C@@]31CCN(CC1CC1)[C@@H]2C5)c1ccncc1. The minimum atomic E-state index is -0.884. The van der Waals surface area contributed by atoms with Gasteiger partial charge in [0.2, 0.25) is 0 Å². The summed E-state index contributed by atoms with van der Waals surface area (Å²) in [6, 6.07) is 6.93. The molecule has 7 nitrogen and oxygen atoms in total. The molecule has 0 amide bonds. The molecular formula is C26H26N2O5.